The first-order valence-electron chi connectivity index (χ1n) is 25.2. The Hall–Kier alpha value is -8.42. The van der Waals surface area contributed by atoms with Crippen LogP contribution < -0.4 is 24.0 Å². The van der Waals surface area contributed by atoms with Crippen LogP contribution in [-0.2, 0) is 0 Å². The van der Waals surface area contributed by atoms with E-state index in [0.29, 0.717) is 81.4 Å². The second kappa shape index (κ2) is 23.4. The van der Waals surface area contributed by atoms with E-state index in [2.05, 4.69) is 40.2 Å². The number of ether oxygens (including phenoxy) is 3. The third-order valence-electron chi connectivity index (χ3n) is 13.2. The molecule has 0 bridgehead atoms. The number of amides is 1. The summed E-state index contributed by atoms with van der Waals surface area (Å²) in [6.07, 6.45) is 5.31. The Labute approximate surface area is 446 Å². The lowest BCUT2D eigenvalue weighted by molar-refractivity contribution is 0.0695. The van der Waals surface area contributed by atoms with Gasteiger partial charge in [0.05, 0.1) is 17.8 Å². The molecule has 18 nitrogen and oxygen atoms in total. The van der Waals surface area contributed by atoms with Gasteiger partial charge >= 0.3 is 18.0 Å². The molecule has 0 saturated carbocycles. The number of hydrogen-bond donors (Lipinski definition) is 0. The van der Waals surface area contributed by atoms with Crippen molar-refractivity contribution in [2.75, 3.05) is 49.1 Å². The molecule has 76 heavy (non-hydrogen) atoms. The first-order chi connectivity index (χ1) is 37.3. The van der Waals surface area contributed by atoms with Gasteiger partial charge in [0, 0.05) is 55.4 Å². The lowest BCUT2D eigenvalue weighted by Crippen LogP contribution is -2.39. The molecule has 3 fully saturated rings. The van der Waals surface area contributed by atoms with Crippen molar-refractivity contribution in [2.24, 2.45) is 0 Å². The van der Waals surface area contributed by atoms with Gasteiger partial charge in [-0.15, -0.1) is 0 Å². The number of aromatic nitrogens is 7. The predicted molar refractivity (Wildman–Crippen MR) is 282 cm³/mol. The van der Waals surface area contributed by atoms with Crippen LogP contribution in [0.2, 0.25) is 5.02 Å². The van der Waals surface area contributed by atoms with Gasteiger partial charge in [-0.05, 0) is 127 Å². The van der Waals surface area contributed by atoms with E-state index < -0.39 is 0 Å². The SMILES string of the molecule is O=C(c1ccc(Cl)cc1)c1sc(N2CCC[C@H](c3nc(Oc4ccccc4)no3)C2)nc1N1CCC[C@H](c2nc(Oc3ccccc3)no2)C1.O=C(c1ccccc1)N1CCC[C@H](c2nc(Oc3ccccc3)no2)C1. The maximum Gasteiger partial charge on any atom is 0.359 e. The van der Waals surface area contributed by atoms with Crippen LogP contribution in [0.4, 0.5) is 10.9 Å². The fraction of sp³-hybridized carbons (Fsp3) is 0.268. The highest BCUT2D eigenvalue weighted by Crippen LogP contribution is 2.40. The smallest absolute Gasteiger partial charge is 0.359 e. The fourth-order valence-corrected chi connectivity index (χ4v) is 10.7. The summed E-state index contributed by atoms with van der Waals surface area (Å²) in [5, 5.41) is 13.4. The fourth-order valence-electron chi connectivity index (χ4n) is 9.45. The number of para-hydroxylation sites is 3. The van der Waals surface area contributed by atoms with E-state index in [1.807, 2.05) is 126 Å². The second-order valence-corrected chi connectivity index (χ2v) is 19.9. The Morgan fingerprint density at radius 1 is 0.500 bits per heavy atom. The molecule has 5 aromatic carbocycles. The van der Waals surface area contributed by atoms with Crippen molar-refractivity contribution in [1.29, 1.82) is 0 Å². The third-order valence-corrected chi connectivity index (χ3v) is 14.6. The number of rotatable bonds is 14. The first kappa shape index (κ1) is 49.8. The van der Waals surface area contributed by atoms with Crippen LogP contribution >= 0.6 is 22.9 Å². The molecule has 7 heterocycles. The topological polar surface area (TPSA) is 201 Å². The molecular weight excluding hydrogens is 1010 g/mol. The summed E-state index contributed by atoms with van der Waals surface area (Å²) in [7, 11) is 0. The largest absolute Gasteiger partial charge is 0.422 e. The van der Waals surface area contributed by atoms with Gasteiger partial charge in [-0.3, -0.25) is 9.59 Å². The molecule has 3 aliphatic heterocycles. The molecule has 0 unspecified atom stereocenters. The molecule has 12 rings (SSSR count). The van der Waals surface area contributed by atoms with E-state index >= 15 is 0 Å². The zero-order valence-electron chi connectivity index (χ0n) is 41.1. The third kappa shape index (κ3) is 12.1. The molecule has 0 N–H and O–H groups in total. The Kier molecular flexibility index (Phi) is 15.3. The highest BCUT2D eigenvalue weighted by molar-refractivity contribution is 7.18. The number of piperidine rings is 3. The van der Waals surface area contributed by atoms with E-state index in [-0.39, 0.29) is 47.5 Å². The molecule has 3 atom stereocenters. The summed E-state index contributed by atoms with van der Waals surface area (Å²) in [5.41, 5.74) is 1.25. The van der Waals surface area contributed by atoms with Crippen LogP contribution in [0, 0.1) is 0 Å². The average Bonchev–Trinajstić information content (AvgIpc) is 4.34. The maximum atomic E-state index is 14.1. The number of carbonyl (C=O) groups is 2. The minimum absolute atomic E-state index is 0.0173. The highest BCUT2D eigenvalue weighted by atomic mass is 35.5. The van der Waals surface area contributed by atoms with Gasteiger partial charge in [0.15, 0.2) is 10.9 Å². The van der Waals surface area contributed by atoms with Gasteiger partial charge in [-0.2, -0.15) is 15.0 Å². The number of anilines is 2. The first-order valence-corrected chi connectivity index (χ1v) is 26.4. The standard InChI is InChI=1S/C36H32ClN7O5S.C20H19N3O3/c37-26-17-15-23(16-18-26)29(45)30-31(43-19-7-9-24(21-43)32-39-34(41-48-32)46-27-11-3-1-4-12-27)38-36(50-30)44-20-8-10-25(22-44)33-40-35(42-49-33)47-28-13-5-2-6-14-28;24-19(15-8-3-1-4-9-15)23-13-7-10-16(14-23)18-21-20(22-26-18)25-17-11-5-2-6-12-17/h1-6,11-18,24-25H,7-10,19-22H2;1-6,8-9,11-12,16H,7,10,13-14H2/t24-,25-;16-/m00/s1. The minimum atomic E-state index is -0.105. The molecule has 386 valence electrons. The van der Waals surface area contributed by atoms with Crippen LogP contribution in [0.15, 0.2) is 159 Å². The maximum absolute atomic E-state index is 14.1. The van der Waals surface area contributed by atoms with Crippen molar-refractivity contribution in [3.8, 4) is 35.3 Å². The zero-order valence-corrected chi connectivity index (χ0v) is 42.7. The van der Waals surface area contributed by atoms with Crippen LogP contribution in [0.3, 0.4) is 0 Å². The van der Waals surface area contributed by atoms with Gasteiger partial charge in [-0.25, -0.2) is 4.98 Å². The minimum Gasteiger partial charge on any atom is -0.422 e. The van der Waals surface area contributed by atoms with Crippen molar-refractivity contribution < 1.29 is 37.4 Å². The van der Waals surface area contributed by atoms with Gasteiger partial charge in [0.1, 0.15) is 22.1 Å². The molecule has 0 aliphatic carbocycles. The zero-order chi connectivity index (χ0) is 51.6. The Morgan fingerprint density at radius 3 is 1.43 bits per heavy atom. The number of hydrogen-bond acceptors (Lipinski definition) is 18. The molecule has 9 aromatic rings. The molecule has 0 radical (unpaired) electrons. The average molecular weight is 1060 g/mol. The lowest BCUT2D eigenvalue weighted by atomic mass is 9.97. The van der Waals surface area contributed by atoms with Crippen LogP contribution in [0.1, 0.15) is 99.5 Å². The Bertz CT molecular complexity index is 3330. The molecule has 3 aliphatic rings. The van der Waals surface area contributed by atoms with E-state index in [9.17, 15) is 9.59 Å². The van der Waals surface area contributed by atoms with Gasteiger partial charge in [-0.1, -0.05) is 95.7 Å². The van der Waals surface area contributed by atoms with Crippen molar-refractivity contribution >= 4 is 45.6 Å². The van der Waals surface area contributed by atoms with Crippen molar-refractivity contribution in [3.05, 3.63) is 184 Å². The van der Waals surface area contributed by atoms with E-state index in [4.69, 9.17) is 44.4 Å². The highest BCUT2D eigenvalue weighted by Gasteiger charge is 2.35. The number of nitrogens with zero attached hydrogens (tertiary/aromatic N) is 10. The summed E-state index contributed by atoms with van der Waals surface area (Å²) in [4.78, 5) is 52.1. The number of likely N-dealkylation sites (tertiary alicyclic amines) is 1. The lowest BCUT2D eigenvalue weighted by Gasteiger charge is -2.32. The summed E-state index contributed by atoms with van der Waals surface area (Å²) in [6.45, 7) is 4.01. The molecule has 1 amide bonds. The van der Waals surface area contributed by atoms with Crippen LogP contribution in [0.25, 0.3) is 0 Å². The number of benzene rings is 5. The van der Waals surface area contributed by atoms with E-state index in [1.54, 1.807) is 24.3 Å². The molecule has 4 aromatic heterocycles. The van der Waals surface area contributed by atoms with Crippen molar-refractivity contribution in [2.45, 2.75) is 56.3 Å². The molecule has 0 spiro atoms. The molecule has 20 heteroatoms. The number of ketones is 1. The quantitative estimate of drug-likeness (QED) is 0.0930. The second-order valence-electron chi connectivity index (χ2n) is 18.5. The Balaban J connectivity index is 0.000000199. The van der Waals surface area contributed by atoms with Crippen molar-refractivity contribution in [3.63, 3.8) is 0 Å². The van der Waals surface area contributed by atoms with E-state index in [1.165, 1.54) is 11.3 Å². The number of halogens is 1. The summed E-state index contributed by atoms with van der Waals surface area (Å²) in [6, 6.07) is 44.9. The van der Waals surface area contributed by atoms with Crippen LogP contribution in [-0.4, -0.2) is 91.3 Å². The monoisotopic (exact) mass is 1060 g/mol. The van der Waals surface area contributed by atoms with Crippen molar-refractivity contribution in [1.82, 2.24) is 40.3 Å². The summed E-state index contributed by atoms with van der Waals surface area (Å²) < 4.78 is 33.9. The number of carbonyl (C=O) groups excluding carboxylic acids is 2. The predicted octanol–water partition coefficient (Wildman–Crippen LogP) is 12.0. The molecular formula is C56H51ClN10O8S. The van der Waals surface area contributed by atoms with Gasteiger partial charge in [0.25, 0.3) is 5.91 Å². The molecule has 3 saturated heterocycles. The van der Waals surface area contributed by atoms with Crippen LogP contribution in [0.5, 0.6) is 35.3 Å². The normalized spacial score (nSPS) is 17.6. The van der Waals surface area contributed by atoms with Gasteiger partial charge < -0.3 is 42.5 Å². The summed E-state index contributed by atoms with van der Waals surface area (Å²) in [5.74, 6) is 3.98. The van der Waals surface area contributed by atoms with E-state index in [0.717, 1.165) is 63.3 Å². The summed E-state index contributed by atoms with van der Waals surface area (Å²) >= 11 is 7.56. The van der Waals surface area contributed by atoms with Gasteiger partial charge in [0.2, 0.25) is 23.5 Å². The Morgan fingerprint density at radius 2 is 0.934 bits per heavy atom. The number of thiazole rings is 1.